The van der Waals surface area contributed by atoms with Gasteiger partial charge in [0.25, 0.3) is 0 Å². The number of hydrogen-bond acceptors (Lipinski definition) is 1. The lowest BCUT2D eigenvalue weighted by atomic mass is 9.73. The SMILES string of the molecule is CCCN1CC2=Cc3ccccc3C13C=CCC=C23.Cl. The van der Waals surface area contributed by atoms with Crippen molar-refractivity contribution in [2.75, 3.05) is 13.1 Å². The van der Waals surface area contributed by atoms with Crippen LogP contribution in [0.4, 0.5) is 0 Å². The lowest BCUT2D eigenvalue weighted by molar-refractivity contribution is 0.210. The van der Waals surface area contributed by atoms with Gasteiger partial charge < -0.3 is 0 Å². The zero-order valence-electron chi connectivity index (χ0n) is 11.8. The van der Waals surface area contributed by atoms with E-state index in [4.69, 9.17) is 0 Å². The average molecular weight is 286 g/mol. The van der Waals surface area contributed by atoms with Crippen LogP contribution in [0.5, 0.6) is 0 Å². The van der Waals surface area contributed by atoms with Crippen LogP contribution in [-0.2, 0) is 5.54 Å². The second kappa shape index (κ2) is 4.91. The minimum atomic E-state index is 0. The Morgan fingerprint density at radius 2 is 2.10 bits per heavy atom. The molecule has 1 aromatic carbocycles. The van der Waals surface area contributed by atoms with Gasteiger partial charge in [-0.1, -0.05) is 49.4 Å². The molecule has 2 aliphatic carbocycles. The highest BCUT2D eigenvalue weighted by molar-refractivity contribution is 5.85. The molecule has 0 saturated carbocycles. The molecule has 2 bridgehead atoms. The number of rotatable bonds is 2. The molecule has 4 rings (SSSR count). The maximum absolute atomic E-state index is 2.64. The second-order valence-corrected chi connectivity index (χ2v) is 5.70. The van der Waals surface area contributed by atoms with E-state index in [1.807, 2.05) is 0 Å². The quantitative estimate of drug-likeness (QED) is 0.732. The maximum atomic E-state index is 2.64. The molecule has 1 atom stereocenters. The lowest BCUT2D eigenvalue weighted by Crippen LogP contribution is -2.42. The first-order valence-electron chi connectivity index (χ1n) is 7.30. The highest BCUT2D eigenvalue weighted by Gasteiger charge is 2.49. The molecule has 1 heterocycles. The number of halogens is 1. The van der Waals surface area contributed by atoms with Crippen LogP contribution in [0, 0.1) is 0 Å². The monoisotopic (exact) mass is 285 g/mol. The van der Waals surface area contributed by atoms with Gasteiger partial charge in [0.15, 0.2) is 0 Å². The van der Waals surface area contributed by atoms with Crippen molar-refractivity contribution in [3.63, 3.8) is 0 Å². The molecule has 0 aromatic heterocycles. The molecule has 0 N–H and O–H groups in total. The van der Waals surface area contributed by atoms with Gasteiger partial charge in [-0.25, -0.2) is 0 Å². The van der Waals surface area contributed by atoms with Gasteiger partial charge in [-0.2, -0.15) is 0 Å². The van der Waals surface area contributed by atoms with Crippen LogP contribution in [0.25, 0.3) is 6.08 Å². The molecule has 1 saturated heterocycles. The van der Waals surface area contributed by atoms with E-state index in [0.29, 0.717) is 0 Å². The van der Waals surface area contributed by atoms with E-state index < -0.39 is 0 Å². The summed E-state index contributed by atoms with van der Waals surface area (Å²) in [6.45, 7) is 4.53. The molecule has 0 radical (unpaired) electrons. The van der Waals surface area contributed by atoms with Crippen molar-refractivity contribution in [2.24, 2.45) is 0 Å². The minimum Gasteiger partial charge on any atom is -0.282 e. The van der Waals surface area contributed by atoms with Crippen molar-refractivity contribution in [2.45, 2.75) is 25.3 Å². The third-order valence-electron chi connectivity index (χ3n) is 4.63. The molecule has 1 nitrogen and oxygen atoms in total. The smallest absolute Gasteiger partial charge is 0.0911 e. The van der Waals surface area contributed by atoms with Crippen LogP contribution >= 0.6 is 12.4 Å². The van der Waals surface area contributed by atoms with Crippen LogP contribution in [0.1, 0.15) is 30.9 Å². The van der Waals surface area contributed by atoms with Gasteiger partial charge in [-0.05, 0) is 47.7 Å². The van der Waals surface area contributed by atoms with E-state index in [0.717, 1.165) is 19.5 Å². The number of allylic oxidation sites excluding steroid dienone is 2. The number of benzene rings is 1. The van der Waals surface area contributed by atoms with Crippen molar-refractivity contribution < 1.29 is 0 Å². The molecule has 0 spiro atoms. The topological polar surface area (TPSA) is 3.24 Å². The van der Waals surface area contributed by atoms with Crippen LogP contribution in [-0.4, -0.2) is 18.0 Å². The van der Waals surface area contributed by atoms with E-state index in [-0.39, 0.29) is 17.9 Å². The summed E-state index contributed by atoms with van der Waals surface area (Å²) >= 11 is 0. The van der Waals surface area contributed by atoms with E-state index in [2.05, 4.69) is 60.4 Å². The van der Waals surface area contributed by atoms with Gasteiger partial charge in [-0.3, -0.25) is 4.90 Å². The Kier molecular flexibility index (Phi) is 3.35. The highest BCUT2D eigenvalue weighted by Crippen LogP contribution is 2.53. The fourth-order valence-corrected chi connectivity index (χ4v) is 3.95. The Morgan fingerprint density at radius 3 is 2.95 bits per heavy atom. The van der Waals surface area contributed by atoms with Gasteiger partial charge in [0.2, 0.25) is 0 Å². The fourth-order valence-electron chi connectivity index (χ4n) is 3.95. The summed E-state index contributed by atoms with van der Waals surface area (Å²) in [6, 6.07) is 8.89. The molecule has 1 aliphatic heterocycles. The van der Waals surface area contributed by atoms with Gasteiger partial charge in [0, 0.05) is 6.54 Å². The zero-order chi connectivity index (χ0) is 12.9. The van der Waals surface area contributed by atoms with Crippen molar-refractivity contribution in [3.05, 3.63) is 64.8 Å². The first kappa shape index (κ1) is 13.7. The third kappa shape index (κ3) is 1.60. The highest BCUT2D eigenvalue weighted by atomic mass is 35.5. The van der Waals surface area contributed by atoms with Gasteiger partial charge in [0.1, 0.15) is 0 Å². The first-order chi connectivity index (χ1) is 9.36. The molecular formula is C18H20ClN. The summed E-state index contributed by atoms with van der Waals surface area (Å²) in [4.78, 5) is 2.64. The Balaban J connectivity index is 0.00000121. The normalized spacial score (nSPS) is 26.2. The molecule has 1 aromatic rings. The predicted molar refractivity (Wildman–Crippen MR) is 87.0 cm³/mol. The summed E-state index contributed by atoms with van der Waals surface area (Å²) in [5.74, 6) is 0. The summed E-state index contributed by atoms with van der Waals surface area (Å²) < 4.78 is 0. The number of fused-ring (bicyclic) bond motifs is 1. The predicted octanol–water partition coefficient (Wildman–Crippen LogP) is 4.31. The van der Waals surface area contributed by atoms with Gasteiger partial charge in [-0.15, -0.1) is 12.4 Å². The van der Waals surface area contributed by atoms with Crippen molar-refractivity contribution in [3.8, 4) is 0 Å². The molecule has 3 aliphatic rings. The Bertz CT molecular complexity index is 626. The molecular weight excluding hydrogens is 266 g/mol. The van der Waals surface area contributed by atoms with Crippen LogP contribution in [0.3, 0.4) is 0 Å². The van der Waals surface area contributed by atoms with Crippen molar-refractivity contribution in [1.82, 2.24) is 4.90 Å². The Morgan fingerprint density at radius 1 is 1.25 bits per heavy atom. The van der Waals surface area contributed by atoms with Crippen molar-refractivity contribution >= 4 is 18.5 Å². The van der Waals surface area contributed by atoms with E-state index in [1.54, 1.807) is 5.57 Å². The van der Waals surface area contributed by atoms with Crippen LogP contribution in [0.15, 0.2) is 53.6 Å². The standard InChI is InChI=1S/C18H19N.ClH/c1-2-11-19-13-15-12-14-7-3-4-8-16(14)18(19)10-6-5-9-17(15)18;/h3-4,6-10,12H,2,5,11,13H2,1H3;1H. The van der Waals surface area contributed by atoms with Gasteiger partial charge >= 0.3 is 0 Å². The lowest BCUT2D eigenvalue weighted by Gasteiger charge is -2.40. The number of nitrogens with zero attached hydrogens (tertiary/aromatic N) is 1. The summed E-state index contributed by atoms with van der Waals surface area (Å²) in [5, 5.41) is 0. The Hall–Kier alpha value is -1.31. The molecule has 104 valence electrons. The van der Waals surface area contributed by atoms with Crippen LogP contribution in [0.2, 0.25) is 0 Å². The molecule has 2 heteroatoms. The third-order valence-corrected chi connectivity index (χ3v) is 4.63. The molecule has 1 fully saturated rings. The maximum Gasteiger partial charge on any atom is 0.0911 e. The molecule has 20 heavy (non-hydrogen) atoms. The van der Waals surface area contributed by atoms with Gasteiger partial charge in [0.05, 0.1) is 5.54 Å². The van der Waals surface area contributed by atoms with E-state index in [1.165, 1.54) is 23.1 Å². The van der Waals surface area contributed by atoms with E-state index >= 15 is 0 Å². The summed E-state index contributed by atoms with van der Waals surface area (Å²) in [6.07, 6.45) is 11.9. The van der Waals surface area contributed by atoms with Crippen molar-refractivity contribution in [1.29, 1.82) is 0 Å². The number of likely N-dealkylation sites (tertiary alicyclic amines) is 1. The fraction of sp³-hybridized carbons (Fsp3) is 0.333. The number of hydrogen-bond donors (Lipinski definition) is 0. The minimum absolute atomic E-state index is 0. The van der Waals surface area contributed by atoms with Crippen LogP contribution < -0.4 is 0 Å². The molecule has 0 amide bonds. The Labute approximate surface area is 127 Å². The average Bonchev–Trinajstić information content (AvgIpc) is 2.69. The largest absolute Gasteiger partial charge is 0.282 e. The van der Waals surface area contributed by atoms with E-state index in [9.17, 15) is 0 Å². The zero-order valence-corrected chi connectivity index (χ0v) is 12.6. The summed E-state index contributed by atoms with van der Waals surface area (Å²) in [5.41, 5.74) is 5.97. The second-order valence-electron chi connectivity index (χ2n) is 5.70. The first-order valence-corrected chi connectivity index (χ1v) is 7.30. The molecule has 1 unspecified atom stereocenters. The summed E-state index contributed by atoms with van der Waals surface area (Å²) in [7, 11) is 0.